The molecule has 4 aromatic rings. The van der Waals surface area contributed by atoms with Gasteiger partial charge in [0.15, 0.2) is 5.82 Å². The molecule has 0 fully saturated rings. The van der Waals surface area contributed by atoms with Gasteiger partial charge < -0.3 is 5.32 Å². The zero-order valence-electron chi connectivity index (χ0n) is 16.6. The van der Waals surface area contributed by atoms with Gasteiger partial charge in [-0.1, -0.05) is 31.2 Å². The molecule has 0 aliphatic carbocycles. The number of nitrogens with one attached hydrogen (secondary N) is 1. The van der Waals surface area contributed by atoms with E-state index in [0.717, 1.165) is 6.20 Å². The second-order valence-corrected chi connectivity index (χ2v) is 6.99. The molecule has 0 aliphatic rings. The highest BCUT2D eigenvalue weighted by Gasteiger charge is 2.19. The van der Waals surface area contributed by atoms with E-state index in [1.165, 1.54) is 12.3 Å². The van der Waals surface area contributed by atoms with Crippen molar-refractivity contribution in [3.05, 3.63) is 83.2 Å². The quantitative estimate of drug-likeness (QED) is 0.534. The highest BCUT2D eigenvalue weighted by Crippen LogP contribution is 2.30. The summed E-state index contributed by atoms with van der Waals surface area (Å²) in [5.41, 5.74) is 3.08. The summed E-state index contributed by atoms with van der Waals surface area (Å²) in [5.74, 6) is -1.07. The predicted octanol–water partition coefficient (Wildman–Crippen LogP) is 4.41. The van der Waals surface area contributed by atoms with E-state index in [4.69, 9.17) is 0 Å². The van der Waals surface area contributed by atoms with Gasteiger partial charge in [0.05, 0.1) is 17.3 Å². The fraction of sp³-hybridized carbons (Fsp3) is 0.174. The summed E-state index contributed by atoms with van der Waals surface area (Å²) in [6.45, 7) is 2.08. The molecule has 0 radical (unpaired) electrons. The smallest absolute Gasteiger partial charge is 0.253 e. The normalized spacial score (nSPS) is 11.1. The van der Waals surface area contributed by atoms with E-state index in [0.29, 0.717) is 45.3 Å². The fourth-order valence-electron chi connectivity index (χ4n) is 3.55. The average Bonchev–Trinajstić information content (AvgIpc) is 3.09. The van der Waals surface area contributed by atoms with Crippen LogP contribution in [-0.2, 0) is 20.0 Å². The number of carbonyl (C=O) groups excluding carboxylic acids is 1. The summed E-state index contributed by atoms with van der Waals surface area (Å²) in [6, 6.07) is 11.7. The van der Waals surface area contributed by atoms with E-state index < -0.39 is 5.82 Å². The fourth-order valence-corrected chi connectivity index (χ4v) is 3.55. The number of amides is 1. The van der Waals surface area contributed by atoms with Crippen LogP contribution in [0.1, 0.15) is 28.4 Å². The SMILES string of the molecule is CCc1ccc(CNC(=O)c2cccc3c(-c4ccncc4F)nn(C)c23)cc1F. The lowest BCUT2D eigenvalue weighted by Gasteiger charge is -2.09. The summed E-state index contributed by atoms with van der Waals surface area (Å²) in [6.07, 6.45) is 3.25. The summed E-state index contributed by atoms with van der Waals surface area (Å²) < 4.78 is 29.8. The number of aromatic nitrogens is 3. The number of rotatable bonds is 5. The van der Waals surface area contributed by atoms with E-state index in [1.807, 2.05) is 6.92 Å². The molecular formula is C23H20F2N4O. The molecule has 0 saturated heterocycles. The van der Waals surface area contributed by atoms with Crippen LogP contribution in [0.25, 0.3) is 22.2 Å². The Balaban J connectivity index is 1.65. The van der Waals surface area contributed by atoms with Crippen molar-refractivity contribution in [2.45, 2.75) is 19.9 Å². The van der Waals surface area contributed by atoms with Crippen molar-refractivity contribution in [3.63, 3.8) is 0 Å². The van der Waals surface area contributed by atoms with Crippen LogP contribution in [0, 0.1) is 11.6 Å². The van der Waals surface area contributed by atoms with E-state index >= 15 is 0 Å². The predicted molar refractivity (Wildman–Crippen MR) is 111 cm³/mol. The lowest BCUT2D eigenvalue weighted by molar-refractivity contribution is 0.0952. The molecule has 4 rings (SSSR count). The van der Waals surface area contributed by atoms with Crippen LogP contribution in [0.15, 0.2) is 54.9 Å². The van der Waals surface area contributed by atoms with Gasteiger partial charge in [-0.05, 0) is 35.7 Å². The number of benzene rings is 2. The maximum Gasteiger partial charge on any atom is 0.253 e. The molecule has 0 saturated carbocycles. The molecule has 30 heavy (non-hydrogen) atoms. The van der Waals surface area contributed by atoms with Crippen LogP contribution in [-0.4, -0.2) is 20.7 Å². The second-order valence-electron chi connectivity index (χ2n) is 6.99. The Morgan fingerprint density at radius 3 is 2.70 bits per heavy atom. The molecule has 1 N–H and O–H groups in total. The number of nitrogens with zero attached hydrogens (tertiary/aromatic N) is 3. The average molecular weight is 406 g/mol. The van der Waals surface area contributed by atoms with Crippen LogP contribution < -0.4 is 5.32 Å². The number of fused-ring (bicyclic) bond motifs is 1. The third-order valence-corrected chi connectivity index (χ3v) is 5.09. The summed E-state index contributed by atoms with van der Waals surface area (Å²) in [7, 11) is 1.71. The monoisotopic (exact) mass is 406 g/mol. The molecule has 0 spiro atoms. The largest absolute Gasteiger partial charge is 0.348 e. The van der Waals surface area contributed by atoms with Crippen LogP contribution >= 0.6 is 0 Å². The topological polar surface area (TPSA) is 59.8 Å². The Bertz CT molecular complexity index is 1250. The molecule has 1 amide bonds. The molecule has 7 heteroatoms. The third-order valence-electron chi connectivity index (χ3n) is 5.09. The van der Waals surface area contributed by atoms with Crippen molar-refractivity contribution >= 4 is 16.8 Å². The van der Waals surface area contributed by atoms with Crippen molar-refractivity contribution in [1.29, 1.82) is 0 Å². The molecular weight excluding hydrogens is 386 g/mol. The minimum Gasteiger partial charge on any atom is -0.348 e. The zero-order chi connectivity index (χ0) is 21.3. The minimum atomic E-state index is -0.482. The van der Waals surface area contributed by atoms with E-state index in [-0.39, 0.29) is 18.3 Å². The van der Waals surface area contributed by atoms with Gasteiger partial charge in [-0.3, -0.25) is 14.5 Å². The Labute approximate surface area is 172 Å². The molecule has 5 nitrogen and oxygen atoms in total. The van der Waals surface area contributed by atoms with Gasteiger partial charge in [0.25, 0.3) is 5.91 Å². The second kappa shape index (κ2) is 8.02. The van der Waals surface area contributed by atoms with Gasteiger partial charge in [0.2, 0.25) is 0 Å². The van der Waals surface area contributed by atoms with Gasteiger partial charge in [0.1, 0.15) is 11.5 Å². The van der Waals surface area contributed by atoms with Gasteiger partial charge in [0, 0.05) is 30.7 Å². The van der Waals surface area contributed by atoms with E-state index in [9.17, 15) is 13.6 Å². The first-order chi connectivity index (χ1) is 14.5. The molecule has 0 unspecified atom stereocenters. The number of pyridine rings is 1. The number of hydrogen-bond acceptors (Lipinski definition) is 3. The number of para-hydroxylation sites is 1. The Hall–Kier alpha value is -3.61. The third kappa shape index (κ3) is 3.54. The number of carbonyl (C=O) groups is 1. The van der Waals surface area contributed by atoms with Gasteiger partial charge in [-0.2, -0.15) is 5.10 Å². The van der Waals surface area contributed by atoms with Crippen molar-refractivity contribution < 1.29 is 13.6 Å². The minimum absolute atomic E-state index is 0.194. The molecule has 0 bridgehead atoms. The molecule has 2 heterocycles. The first-order valence-corrected chi connectivity index (χ1v) is 9.60. The maximum atomic E-state index is 14.2. The van der Waals surface area contributed by atoms with Crippen LogP contribution in [0.4, 0.5) is 8.78 Å². The first kappa shape index (κ1) is 19.7. The maximum absolute atomic E-state index is 14.2. The Morgan fingerprint density at radius 1 is 1.13 bits per heavy atom. The first-order valence-electron chi connectivity index (χ1n) is 9.60. The molecule has 152 valence electrons. The highest BCUT2D eigenvalue weighted by molar-refractivity contribution is 6.08. The Kier molecular flexibility index (Phi) is 5.27. The lowest BCUT2D eigenvalue weighted by atomic mass is 10.0. The van der Waals surface area contributed by atoms with Crippen LogP contribution in [0.2, 0.25) is 0 Å². The van der Waals surface area contributed by atoms with E-state index in [1.54, 1.807) is 48.1 Å². The van der Waals surface area contributed by atoms with Crippen molar-refractivity contribution in [2.75, 3.05) is 0 Å². The summed E-state index contributed by atoms with van der Waals surface area (Å²) in [5, 5.41) is 7.92. The van der Waals surface area contributed by atoms with Crippen LogP contribution in [0.5, 0.6) is 0 Å². The molecule has 2 aromatic carbocycles. The zero-order valence-corrected chi connectivity index (χ0v) is 16.6. The van der Waals surface area contributed by atoms with Crippen molar-refractivity contribution in [1.82, 2.24) is 20.1 Å². The summed E-state index contributed by atoms with van der Waals surface area (Å²) in [4.78, 5) is 16.6. The van der Waals surface area contributed by atoms with Gasteiger partial charge in [-0.15, -0.1) is 0 Å². The van der Waals surface area contributed by atoms with Crippen molar-refractivity contribution in [2.24, 2.45) is 7.05 Å². The number of halogens is 2. The molecule has 2 aromatic heterocycles. The van der Waals surface area contributed by atoms with E-state index in [2.05, 4.69) is 15.4 Å². The standard InChI is InChI=1S/C23H20F2N4O/c1-3-15-8-7-14(11-19(15)24)12-27-23(30)18-6-4-5-17-21(28-29(2)22(17)18)16-9-10-26-13-20(16)25/h4-11,13H,3,12H2,1-2H3,(H,27,30). The number of hydrogen-bond donors (Lipinski definition) is 1. The number of aryl methyl sites for hydroxylation is 2. The Morgan fingerprint density at radius 2 is 1.97 bits per heavy atom. The van der Waals surface area contributed by atoms with Crippen molar-refractivity contribution in [3.8, 4) is 11.3 Å². The van der Waals surface area contributed by atoms with Crippen LogP contribution in [0.3, 0.4) is 0 Å². The lowest BCUT2D eigenvalue weighted by Crippen LogP contribution is -2.23. The van der Waals surface area contributed by atoms with Gasteiger partial charge >= 0.3 is 0 Å². The molecule has 0 atom stereocenters. The van der Waals surface area contributed by atoms with Gasteiger partial charge in [-0.25, -0.2) is 8.78 Å². The molecule has 0 aliphatic heterocycles. The highest BCUT2D eigenvalue weighted by atomic mass is 19.1. The summed E-state index contributed by atoms with van der Waals surface area (Å²) >= 11 is 0.